The zero-order valence-electron chi connectivity index (χ0n) is 11.1. The molecule has 0 bridgehead atoms. The van der Waals surface area contributed by atoms with Crippen LogP contribution in [-0.4, -0.2) is 35.6 Å². The molecule has 6 heteroatoms. The number of nitrogens with zero attached hydrogens (tertiary/aromatic N) is 2. The van der Waals surface area contributed by atoms with Gasteiger partial charge in [-0.15, -0.1) is 0 Å². The number of hydrogen-bond donors (Lipinski definition) is 1. The topological polar surface area (TPSA) is 64.1 Å². The maximum atomic E-state index is 12.1. The molecule has 2 rings (SSSR count). The molecule has 1 fully saturated rings. The lowest BCUT2D eigenvalue weighted by molar-refractivity contribution is 0.0939. The summed E-state index contributed by atoms with van der Waals surface area (Å²) in [6.07, 6.45) is 2.46. The second kappa shape index (κ2) is 6.30. The van der Waals surface area contributed by atoms with Crippen molar-refractivity contribution in [1.82, 2.24) is 15.3 Å². The molecular formula is C13H18ClN3O2. The molecule has 19 heavy (non-hydrogen) atoms. The van der Waals surface area contributed by atoms with Crippen molar-refractivity contribution >= 4 is 17.5 Å². The Bertz CT molecular complexity index is 459. The molecule has 0 aromatic carbocycles. The Balaban J connectivity index is 2.02. The molecule has 1 aliphatic heterocycles. The van der Waals surface area contributed by atoms with Crippen molar-refractivity contribution < 1.29 is 9.53 Å². The van der Waals surface area contributed by atoms with Crippen LogP contribution in [0.5, 0.6) is 0 Å². The molecule has 1 saturated heterocycles. The smallest absolute Gasteiger partial charge is 0.271 e. The van der Waals surface area contributed by atoms with Gasteiger partial charge >= 0.3 is 0 Å². The van der Waals surface area contributed by atoms with Crippen LogP contribution >= 0.6 is 11.6 Å². The van der Waals surface area contributed by atoms with Gasteiger partial charge in [-0.3, -0.25) is 4.79 Å². The fraction of sp³-hybridized carbons (Fsp3) is 0.615. The average molecular weight is 284 g/mol. The van der Waals surface area contributed by atoms with Crippen LogP contribution in [-0.2, 0) is 4.74 Å². The van der Waals surface area contributed by atoms with E-state index in [1.807, 2.05) is 13.8 Å². The van der Waals surface area contributed by atoms with Crippen molar-refractivity contribution in [3.63, 3.8) is 0 Å². The number of amides is 1. The first-order valence-electron chi connectivity index (χ1n) is 6.46. The molecule has 0 radical (unpaired) electrons. The zero-order chi connectivity index (χ0) is 13.8. The first-order valence-corrected chi connectivity index (χ1v) is 6.84. The maximum absolute atomic E-state index is 12.1. The number of aromatic nitrogens is 2. The van der Waals surface area contributed by atoms with Crippen LogP contribution < -0.4 is 5.32 Å². The normalized spacial score (nSPS) is 18.8. The van der Waals surface area contributed by atoms with Crippen molar-refractivity contribution in [1.29, 1.82) is 0 Å². The lowest BCUT2D eigenvalue weighted by Gasteiger charge is -2.11. The molecular weight excluding hydrogens is 266 g/mol. The molecule has 104 valence electrons. The monoisotopic (exact) mass is 283 g/mol. The number of nitrogens with one attached hydrogen (secondary N) is 1. The summed E-state index contributed by atoms with van der Waals surface area (Å²) in [5.41, 5.74) is 0.249. The Kier molecular flexibility index (Phi) is 4.71. The van der Waals surface area contributed by atoms with Crippen molar-refractivity contribution in [2.24, 2.45) is 5.92 Å². The summed E-state index contributed by atoms with van der Waals surface area (Å²) in [6, 6.07) is 0. The fourth-order valence-electron chi connectivity index (χ4n) is 1.88. The van der Waals surface area contributed by atoms with Gasteiger partial charge in [0.1, 0.15) is 11.5 Å². The van der Waals surface area contributed by atoms with Crippen molar-refractivity contribution in [2.45, 2.75) is 26.2 Å². The van der Waals surface area contributed by atoms with Crippen LogP contribution in [0.1, 0.15) is 42.5 Å². The van der Waals surface area contributed by atoms with E-state index >= 15 is 0 Å². The van der Waals surface area contributed by atoms with E-state index < -0.39 is 0 Å². The fourth-order valence-corrected chi connectivity index (χ4v) is 2.06. The van der Waals surface area contributed by atoms with E-state index in [0.29, 0.717) is 24.9 Å². The third-order valence-electron chi connectivity index (χ3n) is 3.07. The van der Waals surface area contributed by atoms with Crippen molar-refractivity contribution in [2.75, 3.05) is 19.8 Å². The summed E-state index contributed by atoms with van der Waals surface area (Å²) in [5, 5.41) is 3.14. The minimum absolute atomic E-state index is 0.159. The van der Waals surface area contributed by atoms with E-state index in [2.05, 4.69) is 15.3 Å². The molecule has 5 nitrogen and oxygen atoms in total. The van der Waals surface area contributed by atoms with Gasteiger partial charge in [-0.05, 0) is 6.42 Å². The molecule has 0 saturated carbocycles. The highest BCUT2D eigenvalue weighted by Crippen LogP contribution is 2.17. The van der Waals surface area contributed by atoms with E-state index in [0.717, 1.165) is 13.0 Å². The standard InChI is InChI=1S/C13H18ClN3O2/c1-8(2)12-15-6-10(14)11(17-12)13(18)16-5-9-3-4-19-7-9/h6,8-9H,3-5,7H2,1-2H3,(H,16,18). The Morgan fingerprint density at radius 3 is 3.05 bits per heavy atom. The predicted octanol–water partition coefficient (Wildman–Crippen LogP) is 2.02. The Hall–Kier alpha value is -1.20. The summed E-state index contributed by atoms with van der Waals surface area (Å²) in [7, 11) is 0. The predicted molar refractivity (Wildman–Crippen MR) is 72.4 cm³/mol. The van der Waals surface area contributed by atoms with Gasteiger partial charge < -0.3 is 10.1 Å². The van der Waals surface area contributed by atoms with E-state index in [1.165, 1.54) is 6.20 Å². The van der Waals surface area contributed by atoms with Gasteiger partial charge in [-0.1, -0.05) is 25.4 Å². The number of ether oxygens (including phenoxy) is 1. The van der Waals surface area contributed by atoms with Crippen LogP contribution in [0.4, 0.5) is 0 Å². The number of hydrogen-bond acceptors (Lipinski definition) is 4. The minimum atomic E-state index is -0.249. The molecule has 1 atom stereocenters. The lowest BCUT2D eigenvalue weighted by Crippen LogP contribution is -2.30. The highest BCUT2D eigenvalue weighted by molar-refractivity contribution is 6.33. The number of carbonyl (C=O) groups excluding carboxylic acids is 1. The molecule has 1 aromatic heterocycles. The summed E-state index contributed by atoms with van der Waals surface area (Å²) in [4.78, 5) is 20.4. The van der Waals surface area contributed by atoms with E-state index in [4.69, 9.17) is 16.3 Å². The van der Waals surface area contributed by atoms with Crippen molar-refractivity contribution in [3.05, 3.63) is 22.7 Å². The van der Waals surface area contributed by atoms with Gasteiger partial charge in [0, 0.05) is 25.0 Å². The second-order valence-corrected chi connectivity index (χ2v) is 5.43. The third-order valence-corrected chi connectivity index (χ3v) is 3.35. The Morgan fingerprint density at radius 1 is 1.63 bits per heavy atom. The van der Waals surface area contributed by atoms with Crippen LogP contribution in [0.15, 0.2) is 6.20 Å². The molecule has 1 aromatic rings. The molecule has 0 aliphatic carbocycles. The number of halogens is 1. The molecule has 1 unspecified atom stereocenters. The SMILES string of the molecule is CC(C)c1ncc(Cl)c(C(=O)NCC2CCOC2)n1. The Morgan fingerprint density at radius 2 is 2.42 bits per heavy atom. The average Bonchev–Trinajstić information content (AvgIpc) is 2.89. The van der Waals surface area contributed by atoms with Crippen LogP contribution in [0.2, 0.25) is 5.02 Å². The summed E-state index contributed by atoms with van der Waals surface area (Å²) >= 11 is 5.98. The first kappa shape index (κ1) is 14.2. The quantitative estimate of drug-likeness (QED) is 0.918. The van der Waals surface area contributed by atoms with E-state index in [1.54, 1.807) is 0 Å². The van der Waals surface area contributed by atoms with Gasteiger partial charge in [0.25, 0.3) is 5.91 Å². The minimum Gasteiger partial charge on any atom is -0.381 e. The first-order chi connectivity index (χ1) is 9.08. The zero-order valence-corrected chi connectivity index (χ0v) is 11.9. The number of carbonyl (C=O) groups is 1. The van der Waals surface area contributed by atoms with Gasteiger partial charge in [0.2, 0.25) is 0 Å². The molecule has 2 heterocycles. The van der Waals surface area contributed by atoms with Crippen LogP contribution in [0.3, 0.4) is 0 Å². The molecule has 1 aliphatic rings. The lowest BCUT2D eigenvalue weighted by atomic mass is 10.1. The largest absolute Gasteiger partial charge is 0.381 e. The number of rotatable bonds is 4. The van der Waals surface area contributed by atoms with Gasteiger partial charge in [0.05, 0.1) is 17.8 Å². The summed E-state index contributed by atoms with van der Waals surface area (Å²) in [5.74, 6) is 0.918. The molecule has 1 N–H and O–H groups in total. The van der Waals surface area contributed by atoms with E-state index in [9.17, 15) is 4.79 Å². The highest BCUT2D eigenvalue weighted by Gasteiger charge is 2.19. The van der Waals surface area contributed by atoms with Crippen LogP contribution in [0, 0.1) is 5.92 Å². The van der Waals surface area contributed by atoms with Crippen LogP contribution in [0.25, 0.3) is 0 Å². The van der Waals surface area contributed by atoms with Gasteiger partial charge in [-0.25, -0.2) is 9.97 Å². The molecule has 1 amide bonds. The Labute approximate surface area is 117 Å². The van der Waals surface area contributed by atoms with E-state index in [-0.39, 0.29) is 22.5 Å². The maximum Gasteiger partial charge on any atom is 0.271 e. The van der Waals surface area contributed by atoms with Gasteiger partial charge in [-0.2, -0.15) is 0 Å². The summed E-state index contributed by atoms with van der Waals surface area (Å²) in [6.45, 7) is 6.01. The highest BCUT2D eigenvalue weighted by atomic mass is 35.5. The third kappa shape index (κ3) is 3.64. The second-order valence-electron chi connectivity index (χ2n) is 5.02. The molecule has 0 spiro atoms. The van der Waals surface area contributed by atoms with Gasteiger partial charge in [0.15, 0.2) is 0 Å². The summed E-state index contributed by atoms with van der Waals surface area (Å²) < 4.78 is 5.27. The van der Waals surface area contributed by atoms with Crippen molar-refractivity contribution in [3.8, 4) is 0 Å².